The van der Waals surface area contributed by atoms with Crippen LogP contribution in [0.3, 0.4) is 0 Å². The topological polar surface area (TPSA) is 13.1 Å². The van der Waals surface area contributed by atoms with Gasteiger partial charge < -0.3 is 4.74 Å². The summed E-state index contributed by atoms with van der Waals surface area (Å²) < 4.78 is 23.0. The lowest BCUT2D eigenvalue weighted by molar-refractivity contribution is -0.659. The smallest absolute Gasteiger partial charge is 0.228 e. The Hall–Kier alpha value is -3.46. The molecule has 0 radical (unpaired) electrons. The number of rotatable bonds is 2. The fourth-order valence-electron chi connectivity index (χ4n) is 5.57. The minimum Gasteiger partial charge on any atom is -0.455 e. The van der Waals surface area contributed by atoms with Gasteiger partial charge >= 0.3 is 0 Å². The molecule has 164 valence electrons. The summed E-state index contributed by atoms with van der Waals surface area (Å²) in [5, 5.41) is 6.48. The van der Waals surface area contributed by atoms with Gasteiger partial charge in [0.15, 0.2) is 6.20 Å². The molecule has 33 heavy (non-hydrogen) atoms. The van der Waals surface area contributed by atoms with Crippen LogP contribution in [-0.2, 0) is 13.5 Å². The predicted molar refractivity (Wildman–Crippen MR) is 134 cm³/mol. The molecule has 1 aliphatic heterocycles. The minimum atomic E-state index is -0.222. The Morgan fingerprint density at radius 1 is 0.879 bits per heavy atom. The summed E-state index contributed by atoms with van der Waals surface area (Å²) in [6, 6.07) is 15.9. The Morgan fingerprint density at radius 2 is 1.70 bits per heavy atom. The van der Waals surface area contributed by atoms with Crippen molar-refractivity contribution in [2.45, 2.75) is 34.1 Å². The molecule has 0 fully saturated rings. The van der Waals surface area contributed by atoms with E-state index in [0.717, 1.165) is 56.3 Å². The van der Waals surface area contributed by atoms with Crippen molar-refractivity contribution in [3.05, 3.63) is 77.2 Å². The molecule has 6 rings (SSSR count). The van der Waals surface area contributed by atoms with Crippen molar-refractivity contribution in [3.63, 3.8) is 0 Å². The molecule has 0 N–H and O–H groups in total. The predicted octanol–water partition coefficient (Wildman–Crippen LogP) is 7.70. The zero-order valence-corrected chi connectivity index (χ0v) is 19.7. The summed E-state index contributed by atoms with van der Waals surface area (Å²) >= 11 is 0. The molecule has 0 spiro atoms. The van der Waals surface area contributed by atoms with Crippen LogP contribution < -0.4 is 9.30 Å². The molecule has 2 nitrogen and oxygen atoms in total. The number of halogens is 1. The first-order valence-corrected chi connectivity index (χ1v) is 11.6. The first-order valence-electron chi connectivity index (χ1n) is 11.6. The van der Waals surface area contributed by atoms with Crippen LogP contribution in [0.1, 0.15) is 30.5 Å². The Bertz CT molecular complexity index is 1630. The van der Waals surface area contributed by atoms with E-state index >= 15 is 0 Å². The minimum absolute atomic E-state index is 0.222. The third kappa shape index (κ3) is 2.88. The van der Waals surface area contributed by atoms with Crippen molar-refractivity contribution >= 4 is 32.3 Å². The Kier molecular flexibility index (Phi) is 4.29. The van der Waals surface area contributed by atoms with E-state index in [0.29, 0.717) is 5.92 Å². The van der Waals surface area contributed by atoms with Crippen molar-refractivity contribution < 1.29 is 13.7 Å². The van der Waals surface area contributed by atoms with Crippen molar-refractivity contribution in [1.29, 1.82) is 0 Å². The van der Waals surface area contributed by atoms with Crippen LogP contribution in [-0.4, -0.2) is 0 Å². The second-order valence-electron chi connectivity index (χ2n) is 9.84. The molecule has 0 bridgehead atoms. The average molecular weight is 437 g/mol. The number of pyridine rings is 1. The summed E-state index contributed by atoms with van der Waals surface area (Å²) in [4.78, 5) is 0. The largest absolute Gasteiger partial charge is 0.455 e. The molecule has 5 aromatic rings. The van der Waals surface area contributed by atoms with Gasteiger partial charge in [-0.3, -0.25) is 0 Å². The van der Waals surface area contributed by atoms with Crippen LogP contribution in [0.25, 0.3) is 43.6 Å². The van der Waals surface area contributed by atoms with Gasteiger partial charge in [-0.25, -0.2) is 8.96 Å². The molecular formula is C30H27FNO+. The molecule has 1 aliphatic rings. The van der Waals surface area contributed by atoms with E-state index in [-0.39, 0.29) is 5.82 Å². The summed E-state index contributed by atoms with van der Waals surface area (Å²) in [6.07, 6.45) is 3.14. The molecular weight excluding hydrogens is 409 g/mol. The van der Waals surface area contributed by atoms with Gasteiger partial charge in [-0.2, -0.15) is 0 Å². The van der Waals surface area contributed by atoms with Crippen LogP contribution >= 0.6 is 0 Å². The van der Waals surface area contributed by atoms with Gasteiger partial charge in [0.25, 0.3) is 0 Å². The molecule has 4 aromatic carbocycles. The van der Waals surface area contributed by atoms with Crippen molar-refractivity contribution in [3.8, 4) is 22.8 Å². The molecule has 0 unspecified atom stereocenters. The van der Waals surface area contributed by atoms with Crippen LogP contribution in [0.2, 0.25) is 0 Å². The highest BCUT2D eigenvalue weighted by molar-refractivity contribution is 6.16. The Labute approximate surface area is 193 Å². The van der Waals surface area contributed by atoms with Crippen molar-refractivity contribution in [1.82, 2.24) is 0 Å². The summed E-state index contributed by atoms with van der Waals surface area (Å²) in [5.41, 5.74) is 6.01. The van der Waals surface area contributed by atoms with Gasteiger partial charge in [0.1, 0.15) is 24.4 Å². The molecule has 0 aliphatic carbocycles. The van der Waals surface area contributed by atoms with Crippen molar-refractivity contribution in [2.75, 3.05) is 0 Å². The Morgan fingerprint density at radius 3 is 2.48 bits per heavy atom. The number of benzene rings is 4. The summed E-state index contributed by atoms with van der Waals surface area (Å²) in [5.74, 6) is 2.15. The number of aryl methyl sites for hydroxylation is 3. The second-order valence-corrected chi connectivity index (χ2v) is 9.84. The number of hydrogen-bond acceptors (Lipinski definition) is 1. The standard InChI is InChI=1S/C30H27FNO/c1-16(2)12-19-6-9-22-18(4)30-27(17(3)24(22)13-19)29-28-23(10-11-32(29)5)25-15-21(31)8-7-20(25)14-26(28)33-30/h6-11,13-16H,12H2,1-5H3/q+1. The van der Waals surface area contributed by atoms with Crippen LogP contribution in [0.4, 0.5) is 4.39 Å². The quantitative estimate of drug-likeness (QED) is 0.200. The molecule has 1 aromatic heterocycles. The van der Waals surface area contributed by atoms with Gasteiger partial charge in [-0.1, -0.05) is 38.1 Å². The lowest BCUT2D eigenvalue weighted by Crippen LogP contribution is -2.32. The van der Waals surface area contributed by atoms with Gasteiger partial charge in [0.05, 0.1) is 10.9 Å². The number of hydrogen-bond donors (Lipinski definition) is 0. The second kappa shape index (κ2) is 7.02. The maximum Gasteiger partial charge on any atom is 0.228 e. The molecule has 3 heteroatoms. The lowest BCUT2D eigenvalue weighted by atomic mass is 9.87. The highest BCUT2D eigenvalue weighted by atomic mass is 19.1. The highest BCUT2D eigenvalue weighted by Crippen LogP contribution is 2.51. The Balaban J connectivity index is 1.75. The van der Waals surface area contributed by atoms with E-state index in [9.17, 15) is 4.39 Å². The maximum atomic E-state index is 14.2. The van der Waals surface area contributed by atoms with Gasteiger partial charge in [-0.05, 0) is 77.1 Å². The molecule has 0 atom stereocenters. The molecule has 0 saturated heterocycles. The lowest BCUT2D eigenvalue weighted by Gasteiger charge is -2.25. The van der Waals surface area contributed by atoms with E-state index < -0.39 is 0 Å². The monoisotopic (exact) mass is 436 g/mol. The summed E-state index contributed by atoms with van der Waals surface area (Å²) in [7, 11) is 2.08. The van der Waals surface area contributed by atoms with E-state index in [2.05, 4.69) is 69.8 Å². The van der Waals surface area contributed by atoms with Crippen LogP contribution in [0.5, 0.6) is 11.5 Å². The molecule has 0 saturated carbocycles. The number of ether oxygens (including phenoxy) is 1. The zero-order chi connectivity index (χ0) is 23.0. The van der Waals surface area contributed by atoms with Gasteiger partial charge in [0, 0.05) is 17.0 Å². The third-order valence-corrected chi connectivity index (χ3v) is 7.09. The SMILES string of the molecule is Cc1c2c(c(C)c3cc(CC(C)C)ccc13)-c1c3c(cc4ccc(F)cc4c3cc[n+]1C)O2. The first kappa shape index (κ1) is 20.2. The summed E-state index contributed by atoms with van der Waals surface area (Å²) in [6.45, 7) is 8.87. The normalized spacial score (nSPS) is 12.6. The zero-order valence-electron chi connectivity index (χ0n) is 19.7. The van der Waals surface area contributed by atoms with Crippen LogP contribution in [0.15, 0.2) is 54.7 Å². The fraction of sp³-hybridized carbons (Fsp3) is 0.233. The van der Waals surface area contributed by atoms with Gasteiger partial charge in [0.2, 0.25) is 5.69 Å². The molecule has 0 amide bonds. The number of aromatic nitrogens is 1. The van der Waals surface area contributed by atoms with E-state index in [1.54, 1.807) is 6.07 Å². The third-order valence-electron chi connectivity index (χ3n) is 7.09. The molecule has 2 heterocycles. The van der Waals surface area contributed by atoms with Crippen LogP contribution in [0, 0.1) is 25.6 Å². The van der Waals surface area contributed by atoms with Crippen molar-refractivity contribution in [2.24, 2.45) is 13.0 Å². The van der Waals surface area contributed by atoms with E-state index in [1.165, 1.54) is 28.0 Å². The number of nitrogens with zero attached hydrogens (tertiary/aromatic N) is 1. The van der Waals surface area contributed by atoms with E-state index in [4.69, 9.17) is 4.74 Å². The average Bonchev–Trinajstić information content (AvgIpc) is 2.78. The van der Waals surface area contributed by atoms with Gasteiger partial charge in [-0.15, -0.1) is 0 Å². The number of fused-ring (bicyclic) bond motifs is 5. The maximum absolute atomic E-state index is 14.2. The first-order chi connectivity index (χ1) is 15.8. The fourth-order valence-corrected chi connectivity index (χ4v) is 5.57. The highest BCUT2D eigenvalue weighted by Gasteiger charge is 2.32. The van der Waals surface area contributed by atoms with E-state index in [1.807, 2.05) is 12.1 Å².